The lowest BCUT2D eigenvalue weighted by Gasteiger charge is -2.22. The van der Waals surface area contributed by atoms with Crippen molar-refractivity contribution < 1.29 is 4.79 Å². The number of aryl methyl sites for hydroxylation is 2. The molecule has 3 rings (SSSR count). The fourth-order valence-electron chi connectivity index (χ4n) is 3.44. The van der Waals surface area contributed by atoms with E-state index in [1.165, 1.54) is 36.1 Å². The van der Waals surface area contributed by atoms with Crippen molar-refractivity contribution >= 4 is 17.2 Å². The Morgan fingerprint density at radius 3 is 2.85 bits per heavy atom. The van der Waals surface area contributed by atoms with Crippen LogP contribution in [0.15, 0.2) is 6.07 Å². The fraction of sp³-hybridized carbons (Fsp3) is 0.688. The predicted octanol–water partition coefficient (Wildman–Crippen LogP) is 2.97. The Labute approximate surface area is 125 Å². The molecule has 20 heavy (non-hydrogen) atoms. The maximum Gasteiger partial charge on any atom is 0.264 e. The summed E-state index contributed by atoms with van der Waals surface area (Å²) in [7, 11) is 0. The summed E-state index contributed by atoms with van der Waals surface area (Å²) < 4.78 is 0. The molecule has 0 saturated carbocycles. The van der Waals surface area contributed by atoms with Crippen molar-refractivity contribution in [3.8, 4) is 0 Å². The number of hydrogen-bond acceptors (Lipinski definition) is 3. The maximum atomic E-state index is 12.7. The van der Waals surface area contributed by atoms with Crippen molar-refractivity contribution in [3.05, 3.63) is 21.4 Å². The van der Waals surface area contributed by atoms with E-state index in [4.69, 9.17) is 5.73 Å². The van der Waals surface area contributed by atoms with Gasteiger partial charge in [-0.3, -0.25) is 4.79 Å². The van der Waals surface area contributed by atoms with Crippen LogP contribution in [0.3, 0.4) is 0 Å². The molecule has 110 valence electrons. The van der Waals surface area contributed by atoms with E-state index in [0.717, 1.165) is 37.1 Å². The van der Waals surface area contributed by atoms with Crippen molar-refractivity contribution in [2.45, 2.75) is 57.4 Å². The first-order valence-electron chi connectivity index (χ1n) is 7.92. The molecular formula is C16H24N2OS. The molecule has 2 heterocycles. The van der Waals surface area contributed by atoms with Crippen LogP contribution in [0.5, 0.6) is 0 Å². The van der Waals surface area contributed by atoms with E-state index in [1.54, 1.807) is 11.3 Å². The van der Waals surface area contributed by atoms with Gasteiger partial charge < -0.3 is 10.6 Å². The summed E-state index contributed by atoms with van der Waals surface area (Å²) in [6.07, 6.45) is 9.68. The highest BCUT2D eigenvalue weighted by Crippen LogP contribution is 2.30. The highest BCUT2D eigenvalue weighted by Gasteiger charge is 2.29. The van der Waals surface area contributed by atoms with E-state index < -0.39 is 0 Å². The molecule has 0 radical (unpaired) electrons. The van der Waals surface area contributed by atoms with Crippen molar-refractivity contribution in [3.63, 3.8) is 0 Å². The molecule has 2 N–H and O–H groups in total. The molecule has 1 aliphatic carbocycles. The lowest BCUT2D eigenvalue weighted by molar-refractivity contribution is 0.0746. The Kier molecular flexibility index (Phi) is 4.41. The SMILES string of the molecule is NCC1CCCN1C(=O)c1cc2c(s1)CCCCCC2. The number of likely N-dealkylation sites (tertiary alicyclic amines) is 1. The minimum Gasteiger partial charge on any atom is -0.334 e. The molecule has 1 unspecified atom stereocenters. The van der Waals surface area contributed by atoms with Gasteiger partial charge in [0.2, 0.25) is 0 Å². The van der Waals surface area contributed by atoms with Crippen LogP contribution in [0.4, 0.5) is 0 Å². The van der Waals surface area contributed by atoms with Gasteiger partial charge in [0.15, 0.2) is 0 Å². The number of carbonyl (C=O) groups is 1. The van der Waals surface area contributed by atoms with Crippen LogP contribution in [0, 0.1) is 0 Å². The number of nitrogens with two attached hydrogens (primary N) is 1. The fourth-order valence-corrected chi connectivity index (χ4v) is 4.65. The smallest absolute Gasteiger partial charge is 0.264 e. The minimum absolute atomic E-state index is 0.217. The Morgan fingerprint density at radius 2 is 2.05 bits per heavy atom. The number of fused-ring (bicyclic) bond motifs is 1. The Balaban J connectivity index is 1.79. The second-order valence-corrected chi connectivity index (χ2v) is 7.14. The first-order valence-corrected chi connectivity index (χ1v) is 8.74. The lowest BCUT2D eigenvalue weighted by atomic mass is 10.00. The van der Waals surface area contributed by atoms with Gasteiger partial charge in [0.05, 0.1) is 4.88 Å². The molecule has 0 bridgehead atoms. The van der Waals surface area contributed by atoms with Gasteiger partial charge >= 0.3 is 0 Å². The van der Waals surface area contributed by atoms with E-state index in [0.29, 0.717) is 6.54 Å². The number of rotatable bonds is 2. The van der Waals surface area contributed by atoms with Crippen LogP contribution in [0.2, 0.25) is 0 Å². The zero-order chi connectivity index (χ0) is 13.9. The van der Waals surface area contributed by atoms with Crippen molar-refractivity contribution in [1.29, 1.82) is 0 Å². The van der Waals surface area contributed by atoms with Gasteiger partial charge in [-0.15, -0.1) is 11.3 Å². The molecule has 1 aliphatic heterocycles. The summed E-state index contributed by atoms with van der Waals surface area (Å²) in [5, 5.41) is 0. The summed E-state index contributed by atoms with van der Waals surface area (Å²) in [5.74, 6) is 0.217. The van der Waals surface area contributed by atoms with Crippen LogP contribution in [0.1, 0.15) is 58.6 Å². The second kappa shape index (κ2) is 6.27. The van der Waals surface area contributed by atoms with Crippen LogP contribution in [-0.4, -0.2) is 29.9 Å². The standard InChI is InChI=1S/C16H24N2OS/c17-11-13-7-5-9-18(13)16(19)15-10-12-6-3-1-2-4-8-14(12)20-15/h10,13H,1-9,11,17H2. The van der Waals surface area contributed by atoms with Gasteiger partial charge in [-0.2, -0.15) is 0 Å². The number of nitrogens with zero attached hydrogens (tertiary/aromatic N) is 1. The average molecular weight is 292 g/mol. The van der Waals surface area contributed by atoms with E-state index >= 15 is 0 Å². The van der Waals surface area contributed by atoms with Gasteiger partial charge in [0.1, 0.15) is 0 Å². The monoisotopic (exact) mass is 292 g/mol. The molecule has 2 aliphatic rings. The van der Waals surface area contributed by atoms with Crippen LogP contribution < -0.4 is 5.73 Å². The maximum absolute atomic E-state index is 12.7. The Hall–Kier alpha value is -0.870. The molecule has 1 saturated heterocycles. The van der Waals surface area contributed by atoms with Gasteiger partial charge in [-0.25, -0.2) is 0 Å². The molecule has 0 spiro atoms. The van der Waals surface area contributed by atoms with Gasteiger partial charge in [0, 0.05) is 24.0 Å². The zero-order valence-corrected chi connectivity index (χ0v) is 12.9. The summed E-state index contributed by atoms with van der Waals surface area (Å²) in [6, 6.07) is 2.42. The third-order valence-electron chi connectivity index (χ3n) is 4.62. The molecule has 1 atom stereocenters. The predicted molar refractivity (Wildman–Crippen MR) is 83.3 cm³/mol. The van der Waals surface area contributed by atoms with Crippen LogP contribution >= 0.6 is 11.3 Å². The third kappa shape index (κ3) is 2.77. The van der Waals surface area contributed by atoms with E-state index in [-0.39, 0.29) is 11.9 Å². The summed E-state index contributed by atoms with van der Waals surface area (Å²) >= 11 is 1.73. The zero-order valence-electron chi connectivity index (χ0n) is 12.1. The van der Waals surface area contributed by atoms with Gasteiger partial charge in [0.25, 0.3) is 5.91 Å². The number of hydrogen-bond donors (Lipinski definition) is 1. The molecular weight excluding hydrogens is 268 g/mol. The van der Waals surface area contributed by atoms with Gasteiger partial charge in [-0.05, 0) is 50.2 Å². The number of carbonyl (C=O) groups excluding carboxylic acids is 1. The molecule has 1 aromatic rings. The largest absolute Gasteiger partial charge is 0.334 e. The van der Waals surface area contributed by atoms with Crippen LogP contribution in [-0.2, 0) is 12.8 Å². The minimum atomic E-state index is 0.217. The Morgan fingerprint density at radius 1 is 1.25 bits per heavy atom. The summed E-state index contributed by atoms with van der Waals surface area (Å²) in [6.45, 7) is 1.47. The molecule has 3 nitrogen and oxygen atoms in total. The number of thiophene rings is 1. The average Bonchev–Trinajstić information content (AvgIpc) is 3.04. The van der Waals surface area contributed by atoms with Crippen molar-refractivity contribution in [1.82, 2.24) is 4.90 Å². The van der Waals surface area contributed by atoms with Gasteiger partial charge in [-0.1, -0.05) is 12.8 Å². The quantitative estimate of drug-likeness (QED) is 0.911. The third-order valence-corrected chi connectivity index (χ3v) is 5.84. The molecule has 1 fully saturated rings. The van der Waals surface area contributed by atoms with Crippen LogP contribution in [0.25, 0.3) is 0 Å². The molecule has 1 amide bonds. The highest BCUT2D eigenvalue weighted by atomic mass is 32.1. The molecule has 4 heteroatoms. The number of amides is 1. The highest BCUT2D eigenvalue weighted by molar-refractivity contribution is 7.14. The summed E-state index contributed by atoms with van der Waals surface area (Å²) in [4.78, 5) is 17.1. The van der Waals surface area contributed by atoms with Crippen molar-refractivity contribution in [2.75, 3.05) is 13.1 Å². The molecule has 0 aromatic carbocycles. The topological polar surface area (TPSA) is 46.3 Å². The molecule has 1 aromatic heterocycles. The van der Waals surface area contributed by atoms with E-state index in [2.05, 4.69) is 6.07 Å². The van der Waals surface area contributed by atoms with Crippen molar-refractivity contribution in [2.24, 2.45) is 5.73 Å². The summed E-state index contributed by atoms with van der Waals surface area (Å²) in [5.41, 5.74) is 7.22. The lowest BCUT2D eigenvalue weighted by Crippen LogP contribution is -2.39. The van der Waals surface area contributed by atoms with E-state index in [9.17, 15) is 4.79 Å². The van der Waals surface area contributed by atoms with E-state index in [1.807, 2.05) is 4.90 Å². The first-order chi connectivity index (χ1) is 9.79. The second-order valence-electron chi connectivity index (χ2n) is 6.00. The normalized spacial score (nSPS) is 23.2. The first kappa shape index (κ1) is 14.1. The Bertz CT molecular complexity index is 457.